The summed E-state index contributed by atoms with van der Waals surface area (Å²) < 4.78 is 6.89. The molecule has 3 aliphatic rings. The molecule has 15 rings (SSSR count). The van der Waals surface area contributed by atoms with E-state index in [9.17, 15) is 0 Å². The van der Waals surface area contributed by atoms with E-state index in [1.807, 2.05) is 24.3 Å². The molecule has 12 aromatic rings. The third-order valence-electron chi connectivity index (χ3n) is 15.3. The summed E-state index contributed by atoms with van der Waals surface area (Å²) in [6.45, 7) is 4.62. The minimum Gasteiger partial charge on any atom is -0.455 e. The van der Waals surface area contributed by atoms with Crippen molar-refractivity contribution in [1.29, 1.82) is 0 Å². The van der Waals surface area contributed by atoms with E-state index in [4.69, 9.17) is 19.4 Å². The van der Waals surface area contributed by atoms with Crippen LogP contribution in [0.15, 0.2) is 205 Å². The van der Waals surface area contributed by atoms with Crippen molar-refractivity contribution in [2.24, 2.45) is 0 Å². The van der Waals surface area contributed by atoms with Crippen molar-refractivity contribution < 1.29 is 4.42 Å². The molecule has 0 amide bonds. The Balaban J connectivity index is 1.01. The first-order chi connectivity index (χ1) is 33.0. The van der Waals surface area contributed by atoms with Crippen LogP contribution in [0.4, 0.5) is 0 Å². The van der Waals surface area contributed by atoms with Gasteiger partial charge in [-0.1, -0.05) is 196 Å². The van der Waals surface area contributed by atoms with Gasteiger partial charge in [-0.25, -0.2) is 15.0 Å². The van der Waals surface area contributed by atoms with Gasteiger partial charge in [0.05, 0.1) is 5.41 Å². The Labute approximate surface area is 386 Å². The van der Waals surface area contributed by atoms with Crippen molar-refractivity contribution in [3.05, 3.63) is 234 Å². The maximum atomic E-state index is 6.89. The van der Waals surface area contributed by atoms with Gasteiger partial charge in [-0.2, -0.15) is 0 Å². The fourth-order valence-electron chi connectivity index (χ4n) is 12.4. The average Bonchev–Trinajstić information content (AvgIpc) is 4.08. The summed E-state index contributed by atoms with van der Waals surface area (Å²) in [6, 6.07) is 72.8. The number of para-hydroxylation sites is 1. The first-order valence-corrected chi connectivity index (χ1v) is 23.2. The smallest absolute Gasteiger partial charge is 0.164 e. The molecule has 2 aromatic heterocycles. The number of rotatable bonds is 3. The van der Waals surface area contributed by atoms with Crippen LogP contribution in [0.1, 0.15) is 47.2 Å². The molecule has 0 saturated carbocycles. The van der Waals surface area contributed by atoms with Crippen LogP contribution in [-0.4, -0.2) is 15.0 Å². The van der Waals surface area contributed by atoms with Gasteiger partial charge in [0.25, 0.3) is 0 Å². The highest BCUT2D eigenvalue weighted by molar-refractivity contribution is 6.19. The Hall–Kier alpha value is -8.47. The molecule has 0 fully saturated rings. The van der Waals surface area contributed by atoms with Gasteiger partial charge in [-0.05, 0) is 101 Å². The lowest BCUT2D eigenvalue weighted by Crippen LogP contribution is -2.25. The van der Waals surface area contributed by atoms with E-state index in [1.165, 1.54) is 82.7 Å². The third kappa shape index (κ3) is 4.74. The SMILES string of the molecule is CC1(C)c2ccccc2-c2c1cc(-c1nc(-c3ccccc3)nc(-c3ccc4ccc5ccc6c(c5c4c3)-c3ccccc3C63c4ccccc4-c4ccccc43)n1)c1c2oc2ccccc21. The fourth-order valence-corrected chi connectivity index (χ4v) is 12.4. The molecule has 312 valence electrons. The van der Waals surface area contributed by atoms with Crippen LogP contribution < -0.4 is 0 Å². The topological polar surface area (TPSA) is 51.8 Å². The standard InChI is InChI=1S/C63H39N3O/c1-62(2)47-23-11-8-20-42(47)57-52(62)35-46(55-44-22-10-15-27-53(44)67-58(55)57)61-65-59(38-16-4-3-5-17-38)64-60(66-61)39-31-29-36-28-30-37-32-33-51-56(54(37)45(36)34-39)43-21-9-14-26-50(43)63(51)48-24-12-6-18-40(48)41-19-7-13-25-49(41)63/h3-35H,1-2H3. The highest BCUT2D eigenvalue weighted by atomic mass is 16.3. The Morgan fingerprint density at radius 1 is 0.358 bits per heavy atom. The Morgan fingerprint density at radius 3 is 1.66 bits per heavy atom. The second-order valence-electron chi connectivity index (χ2n) is 19.0. The molecule has 0 atom stereocenters. The molecule has 1 spiro atoms. The van der Waals surface area contributed by atoms with Crippen molar-refractivity contribution >= 4 is 43.5 Å². The molecule has 4 heteroatoms. The zero-order chi connectivity index (χ0) is 44.2. The molecule has 0 bridgehead atoms. The lowest BCUT2D eigenvalue weighted by atomic mass is 9.70. The highest BCUT2D eigenvalue weighted by Crippen LogP contribution is 2.64. The first kappa shape index (κ1) is 36.8. The van der Waals surface area contributed by atoms with Gasteiger partial charge in [-0.15, -0.1) is 0 Å². The fraction of sp³-hybridized carbons (Fsp3) is 0.0635. The lowest BCUT2D eigenvalue weighted by molar-refractivity contribution is 0.653. The Kier molecular flexibility index (Phi) is 7.19. The Bertz CT molecular complexity index is 4100. The van der Waals surface area contributed by atoms with Crippen LogP contribution in [0.5, 0.6) is 0 Å². The van der Waals surface area contributed by atoms with Crippen molar-refractivity contribution in [2.45, 2.75) is 24.7 Å². The highest BCUT2D eigenvalue weighted by Gasteiger charge is 2.52. The lowest BCUT2D eigenvalue weighted by Gasteiger charge is -2.30. The third-order valence-corrected chi connectivity index (χ3v) is 15.3. The molecule has 67 heavy (non-hydrogen) atoms. The van der Waals surface area contributed by atoms with Gasteiger partial charge < -0.3 is 4.42 Å². The van der Waals surface area contributed by atoms with Crippen molar-refractivity contribution in [3.63, 3.8) is 0 Å². The largest absolute Gasteiger partial charge is 0.455 e. The van der Waals surface area contributed by atoms with E-state index in [-0.39, 0.29) is 5.41 Å². The number of hydrogen-bond acceptors (Lipinski definition) is 4. The van der Waals surface area contributed by atoms with Crippen molar-refractivity contribution in [1.82, 2.24) is 15.0 Å². The van der Waals surface area contributed by atoms with Gasteiger partial charge in [0, 0.05) is 38.4 Å². The summed E-state index contributed by atoms with van der Waals surface area (Å²) in [5.41, 5.74) is 19.2. The van der Waals surface area contributed by atoms with E-state index in [2.05, 4.69) is 190 Å². The molecule has 3 aliphatic carbocycles. The maximum absolute atomic E-state index is 6.89. The summed E-state index contributed by atoms with van der Waals surface area (Å²) >= 11 is 0. The molecule has 0 aliphatic heterocycles. The predicted octanol–water partition coefficient (Wildman–Crippen LogP) is 15.7. The van der Waals surface area contributed by atoms with E-state index in [0.717, 1.165) is 44.2 Å². The second-order valence-corrected chi connectivity index (χ2v) is 19.0. The van der Waals surface area contributed by atoms with Crippen LogP contribution in [-0.2, 0) is 10.8 Å². The van der Waals surface area contributed by atoms with E-state index in [0.29, 0.717) is 17.5 Å². The molecule has 0 N–H and O–H groups in total. The van der Waals surface area contributed by atoms with E-state index >= 15 is 0 Å². The molecule has 0 unspecified atom stereocenters. The number of hydrogen-bond donors (Lipinski definition) is 0. The summed E-state index contributed by atoms with van der Waals surface area (Å²) in [5.74, 6) is 1.86. The molecule has 0 radical (unpaired) electrons. The summed E-state index contributed by atoms with van der Waals surface area (Å²) in [7, 11) is 0. The van der Waals surface area contributed by atoms with E-state index < -0.39 is 5.41 Å². The number of aromatic nitrogens is 3. The van der Waals surface area contributed by atoms with Crippen LogP contribution >= 0.6 is 0 Å². The molecular formula is C63H39N3O. The number of benzene rings is 10. The van der Waals surface area contributed by atoms with Crippen molar-refractivity contribution in [2.75, 3.05) is 0 Å². The quantitative estimate of drug-likeness (QED) is 0.166. The minimum absolute atomic E-state index is 0.272. The first-order valence-electron chi connectivity index (χ1n) is 23.2. The summed E-state index contributed by atoms with van der Waals surface area (Å²) in [6.07, 6.45) is 0. The molecule has 10 aromatic carbocycles. The average molecular weight is 854 g/mol. The van der Waals surface area contributed by atoms with Gasteiger partial charge in [-0.3, -0.25) is 0 Å². The van der Waals surface area contributed by atoms with Crippen molar-refractivity contribution in [3.8, 4) is 67.5 Å². The van der Waals surface area contributed by atoms with Crippen LogP contribution in [0.2, 0.25) is 0 Å². The number of nitrogens with zero attached hydrogens (tertiary/aromatic N) is 3. The number of furan rings is 1. The molecular weight excluding hydrogens is 815 g/mol. The number of fused-ring (bicyclic) bond motifs is 21. The summed E-state index contributed by atoms with van der Waals surface area (Å²) in [4.78, 5) is 16.2. The summed E-state index contributed by atoms with van der Waals surface area (Å²) in [5, 5.41) is 6.83. The monoisotopic (exact) mass is 853 g/mol. The van der Waals surface area contributed by atoms with Crippen LogP contribution in [0.25, 0.3) is 111 Å². The molecule has 2 heterocycles. The van der Waals surface area contributed by atoms with Gasteiger partial charge in [0.1, 0.15) is 11.2 Å². The second kappa shape index (κ2) is 13.1. The van der Waals surface area contributed by atoms with Crippen LogP contribution in [0.3, 0.4) is 0 Å². The van der Waals surface area contributed by atoms with Crippen LogP contribution in [0, 0.1) is 0 Å². The van der Waals surface area contributed by atoms with Gasteiger partial charge >= 0.3 is 0 Å². The Morgan fingerprint density at radius 2 is 0.910 bits per heavy atom. The van der Waals surface area contributed by atoms with Gasteiger partial charge in [0.2, 0.25) is 0 Å². The maximum Gasteiger partial charge on any atom is 0.164 e. The normalized spacial score (nSPS) is 14.4. The zero-order valence-corrected chi connectivity index (χ0v) is 36.8. The van der Waals surface area contributed by atoms with E-state index in [1.54, 1.807) is 0 Å². The molecule has 0 saturated heterocycles. The zero-order valence-electron chi connectivity index (χ0n) is 36.8. The molecule has 4 nitrogen and oxygen atoms in total. The predicted molar refractivity (Wildman–Crippen MR) is 272 cm³/mol. The van der Waals surface area contributed by atoms with Gasteiger partial charge in [0.15, 0.2) is 17.5 Å². The minimum atomic E-state index is -0.435.